The summed E-state index contributed by atoms with van der Waals surface area (Å²) in [6, 6.07) is 4.50. The van der Waals surface area contributed by atoms with E-state index in [0.717, 1.165) is 12.2 Å². The van der Waals surface area contributed by atoms with Gasteiger partial charge < -0.3 is 15.2 Å². The maximum atomic E-state index is 13.1. The molecule has 0 radical (unpaired) electrons. The van der Waals surface area contributed by atoms with E-state index in [1.54, 1.807) is 6.07 Å². The van der Waals surface area contributed by atoms with Crippen molar-refractivity contribution < 1.29 is 13.9 Å². The third-order valence-corrected chi connectivity index (χ3v) is 2.37. The summed E-state index contributed by atoms with van der Waals surface area (Å²) >= 11 is 0. The van der Waals surface area contributed by atoms with Gasteiger partial charge in [-0.3, -0.25) is 0 Å². The second-order valence-corrected chi connectivity index (χ2v) is 4.61. The molecule has 0 aromatic heterocycles. The molecule has 1 aromatic rings. The van der Waals surface area contributed by atoms with Crippen LogP contribution in [-0.2, 0) is 11.2 Å². The number of ether oxygens (including phenoxy) is 2. The Balaban J connectivity index is 2.41. The first-order valence-electron chi connectivity index (χ1n) is 6.32. The zero-order valence-corrected chi connectivity index (χ0v) is 11.1. The molecular weight excluding hydrogens is 233 g/mol. The molecule has 0 atom stereocenters. The third-order valence-electron chi connectivity index (χ3n) is 2.37. The van der Waals surface area contributed by atoms with Crippen LogP contribution in [0, 0.1) is 11.7 Å². The number of benzene rings is 1. The molecule has 0 heterocycles. The van der Waals surface area contributed by atoms with E-state index in [9.17, 15) is 4.39 Å². The molecule has 0 aliphatic rings. The molecule has 0 saturated heterocycles. The van der Waals surface area contributed by atoms with Gasteiger partial charge in [-0.25, -0.2) is 4.39 Å². The van der Waals surface area contributed by atoms with Crippen molar-refractivity contribution in [2.75, 3.05) is 26.4 Å². The second kappa shape index (κ2) is 8.06. The molecule has 18 heavy (non-hydrogen) atoms. The summed E-state index contributed by atoms with van der Waals surface area (Å²) in [4.78, 5) is 0. The third kappa shape index (κ3) is 5.47. The summed E-state index contributed by atoms with van der Waals surface area (Å²) in [5.74, 6) is 0.945. The minimum absolute atomic E-state index is 0.262. The molecule has 1 rings (SSSR count). The Hall–Kier alpha value is -1.13. The van der Waals surface area contributed by atoms with Gasteiger partial charge in [0.2, 0.25) is 0 Å². The largest absolute Gasteiger partial charge is 0.491 e. The number of hydrogen-bond acceptors (Lipinski definition) is 3. The highest BCUT2D eigenvalue weighted by Gasteiger charge is 2.05. The standard InChI is InChI=1S/C14H22FNO2/c1-11(2)10-17-7-8-18-14-4-3-13(15)9-12(14)5-6-16/h3-4,9,11H,5-8,10,16H2,1-2H3. The molecule has 0 bridgehead atoms. The van der Waals surface area contributed by atoms with Crippen LogP contribution >= 0.6 is 0 Å². The summed E-state index contributed by atoms with van der Waals surface area (Å²) in [5.41, 5.74) is 6.29. The minimum Gasteiger partial charge on any atom is -0.491 e. The molecule has 2 N–H and O–H groups in total. The Morgan fingerprint density at radius 2 is 2.06 bits per heavy atom. The monoisotopic (exact) mass is 255 g/mol. The first kappa shape index (κ1) is 14.9. The molecule has 0 unspecified atom stereocenters. The Morgan fingerprint density at radius 1 is 1.28 bits per heavy atom. The summed E-state index contributed by atoms with van der Waals surface area (Å²) in [6.07, 6.45) is 0.611. The van der Waals surface area contributed by atoms with Gasteiger partial charge in [-0.05, 0) is 42.6 Å². The van der Waals surface area contributed by atoms with Crippen LogP contribution in [0.2, 0.25) is 0 Å². The first-order valence-corrected chi connectivity index (χ1v) is 6.32. The summed E-state index contributed by atoms with van der Waals surface area (Å²) < 4.78 is 24.1. The number of halogens is 1. The zero-order chi connectivity index (χ0) is 13.4. The highest BCUT2D eigenvalue weighted by atomic mass is 19.1. The van der Waals surface area contributed by atoms with E-state index in [-0.39, 0.29) is 5.82 Å². The van der Waals surface area contributed by atoms with Crippen LogP contribution in [0.4, 0.5) is 4.39 Å². The van der Waals surface area contributed by atoms with Crippen molar-refractivity contribution >= 4 is 0 Å². The van der Waals surface area contributed by atoms with Gasteiger partial charge in [-0.2, -0.15) is 0 Å². The molecular formula is C14H22FNO2. The highest BCUT2D eigenvalue weighted by Crippen LogP contribution is 2.19. The van der Waals surface area contributed by atoms with Gasteiger partial charge in [0.1, 0.15) is 18.2 Å². The van der Waals surface area contributed by atoms with Gasteiger partial charge >= 0.3 is 0 Å². The van der Waals surface area contributed by atoms with Crippen molar-refractivity contribution in [3.63, 3.8) is 0 Å². The van der Waals surface area contributed by atoms with E-state index >= 15 is 0 Å². The molecule has 102 valence electrons. The Bertz CT molecular complexity index is 356. The fourth-order valence-electron chi connectivity index (χ4n) is 1.57. The lowest BCUT2D eigenvalue weighted by molar-refractivity contribution is 0.0816. The lowest BCUT2D eigenvalue weighted by Gasteiger charge is -2.12. The van der Waals surface area contributed by atoms with Crippen molar-refractivity contribution in [2.24, 2.45) is 11.7 Å². The van der Waals surface area contributed by atoms with Crippen LogP contribution < -0.4 is 10.5 Å². The highest BCUT2D eigenvalue weighted by molar-refractivity contribution is 5.34. The minimum atomic E-state index is -0.262. The molecule has 0 fully saturated rings. The topological polar surface area (TPSA) is 44.5 Å². The second-order valence-electron chi connectivity index (χ2n) is 4.61. The van der Waals surface area contributed by atoms with Gasteiger partial charge in [0.05, 0.1) is 6.61 Å². The molecule has 1 aromatic carbocycles. The Morgan fingerprint density at radius 3 is 2.72 bits per heavy atom. The quantitative estimate of drug-likeness (QED) is 0.725. The van der Waals surface area contributed by atoms with Crippen molar-refractivity contribution in [3.05, 3.63) is 29.6 Å². The van der Waals surface area contributed by atoms with Crippen LogP contribution in [0.25, 0.3) is 0 Å². The first-order chi connectivity index (χ1) is 8.63. The molecule has 0 aliphatic heterocycles. The SMILES string of the molecule is CC(C)COCCOc1ccc(F)cc1CCN. The number of hydrogen-bond donors (Lipinski definition) is 1. The molecule has 3 nitrogen and oxygen atoms in total. The van der Waals surface area contributed by atoms with Crippen molar-refractivity contribution in [1.29, 1.82) is 0 Å². The maximum Gasteiger partial charge on any atom is 0.123 e. The van der Waals surface area contributed by atoms with Gasteiger partial charge in [0, 0.05) is 6.61 Å². The molecule has 4 heteroatoms. The Kier molecular flexibility index (Phi) is 6.68. The van der Waals surface area contributed by atoms with E-state index in [4.69, 9.17) is 15.2 Å². The number of rotatable bonds is 8. The molecule has 0 aliphatic carbocycles. The van der Waals surface area contributed by atoms with Crippen LogP contribution in [0.3, 0.4) is 0 Å². The summed E-state index contributed by atoms with van der Waals surface area (Å²) in [7, 11) is 0. The van der Waals surface area contributed by atoms with Crippen LogP contribution in [0.5, 0.6) is 5.75 Å². The molecule has 0 saturated carbocycles. The van der Waals surface area contributed by atoms with Gasteiger partial charge in [0.25, 0.3) is 0 Å². The summed E-state index contributed by atoms with van der Waals surface area (Å²) in [6.45, 7) is 6.40. The zero-order valence-electron chi connectivity index (χ0n) is 11.1. The predicted molar refractivity (Wildman–Crippen MR) is 70.3 cm³/mol. The van der Waals surface area contributed by atoms with Gasteiger partial charge in [0.15, 0.2) is 0 Å². The summed E-state index contributed by atoms with van der Waals surface area (Å²) in [5, 5.41) is 0. The normalized spacial score (nSPS) is 10.9. The fraction of sp³-hybridized carbons (Fsp3) is 0.571. The van der Waals surface area contributed by atoms with Gasteiger partial charge in [-0.1, -0.05) is 13.8 Å². The van der Waals surface area contributed by atoms with Crippen LogP contribution in [0.1, 0.15) is 19.4 Å². The fourth-order valence-corrected chi connectivity index (χ4v) is 1.57. The lowest BCUT2D eigenvalue weighted by atomic mass is 10.1. The van der Waals surface area contributed by atoms with E-state index in [1.165, 1.54) is 12.1 Å². The average molecular weight is 255 g/mol. The molecule has 0 spiro atoms. The lowest BCUT2D eigenvalue weighted by Crippen LogP contribution is -2.12. The van der Waals surface area contributed by atoms with Crippen LogP contribution in [0.15, 0.2) is 18.2 Å². The van der Waals surface area contributed by atoms with E-state index in [0.29, 0.717) is 37.8 Å². The smallest absolute Gasteiger partial charge is 0.123 e. The van der Waals surface area contributed by atoms with E-state index in [2.05, 4.69) is 13.8 Å². The average Bonchev–Trinajstić information content (AvgIpc) is 2.31. The van der Waals surface area contributed by atoms with Crippen molar-refractivity contribution in [2.45, 2.75) is 20.3 Å². The predicted octanol–water partition coefficient (Wildman–Crippen LogP) is 2.38. The molecule has 0 amide bonds. The Labute approximate surface area is 108 Å². The van der Waals surface area contributed by atoms with E-state index < -0.39 is 0 Å². The number of nitrogens with two attached hydrogens (primary N) is 1. The maximum absolute atomic E-state index is 13.1. The van der Waals surface area contributed by atoms with E-state index in [1.807, 2.05) is 0 Å². The van der Waals surface area contributed by atoms with Crippen molar-refractivity contribution in [3.8, 4) is 5.75 Å². The van der Waals surface area contributed by atoms with Gasteiger partial charge in [-0.15, -0.1) is 0 Å². The van der Waals surface area contributed by atoms with Crippen LogP contribution in [-0.4, -0.2) is 26.4 Å². The van der Waals surface area contributed by atoms with Crippen molar-refractivity contribution in [1.82, 2.24) is 0 Å².